The van der Waals surface area contributed by atoms with Crippen molar-refractivity contribution in [3.8, 4) is 5.75 Å². The van der Waals surface area contributed by atoms with Gasteiger partial charge in [0.05, 0.1) is 11.5 Å². The van der Waals surface area contributed by atoms with E-state index in [-0.39, 0.29) is 5.69 Å². The molecule has 6 heteroatoms. The van der Waals surface area contributed by atoms with Gasteiger partial charge in [0.2, 0.25) is 8.38 Å². The van der Waals surface area contributed by atoms with Gasteiger partial charge in [-0.05, 0) is 38.3 Å². The number of hydrogen-bond donors (Lipinski definition) is 0. The number of non-ortho nitro benzene ring substituents is 1. The highest BCUT2D eigenvalue weighted by Gasteiger charge is 2.12. The molecular formula is C14H20NO4P. The van der Waals surface area contributed by atoms with E-state index in [1.807, 2.05) is 13.0 Å². The van der Waals surface area contributed by atoms with Crippen LogP contribution in [0.2, 0.25) is 0 Å². The molecule has 0 amide bonds. The minimum atomic E-state index is -0.983. The largest absolute Gasteiger partial charge is 0.447 e. The summed E-state index contributed by atoms with van der Waals surface area (Å²) >= 11 is 0. The molecule has 0 heterocycles. The summed E-state index contributed by atoms with van der Waals surface area (Å²) in [4.78, 5) is 10.1. The first-order valence-electron chi connectivity index (χ1n) is 6.61. The van der Waals surface area contributed by atoms with Crippen LogP contribution in [0.25, 0.3) is 0 Å². The molecule has 0 bridgehead atoms. The van der Waals surface area contributed by atoms with Gasteiger partial charge in [0.25, 0.3) is 5.69 Å². The average Bonchev–Trinajstić information content (AvgIpc) is 2.44. The van der Waals surface area contributed by atoms with Crippen LogP contribution in [0.15, 0.2) is 36.9 Å². The van der Waals surface area contributed by atoms with E-state index in [2.05, 4.69) is 6.58 Å². The van der Waals surface area contributed by atoms with Crippen LogP contribution in [-0.4, -0.2) is 17.7 Å². The zero-order valence-corrected chi connectivity index (χ0v) is 12.6. The summed E-state index contributed by atoms with van der Waals surface area (Å²) in [7, 11) is -0.983. The summed E-state index contributed by atoms with van der Waals surface area (Å²) in [5.74, 6) is 0.610. The van der Waals surface area contributed by atoms with Gasteiger partial charge in [-0.2, -0.15) is 0 Å². The lowest BCUT2D eigenvalue weighted by molar-refractivity contribution is -0.384. The summed E-state index contributed by atoms with van der Waals surface area (Å²) in [5, 5.41) is 10.6. The second-order valence-corrected chi connectivity index (χ2v) is 5.65. The van der Waals surface area contributed by atoms with Gasteiger partial charge in [-0.15, -0.1) is 6.58 Å². The summed E-state index contributed by atoms with van der Waals surface area (Å²) in [6.45, 7) is 6.22. The van der Waals surface area contributed by atoms with Crippen molar-refractivity contribution in [3.63, 3.8) is 0 Å². The molecule has 1 aromatic rings. The van der Waals surface area contributed by atoms with Crippen LogP contribution in [0.3, 0.4) is 0 Å². The number of unbranched alkanes of at least 4 members (excludes halogenated alkanes) is 2. The fraction of sp³-hybridized carbons (Fsp3) is 0.429. The maximum absolute atomic E-state index is 10.6. The molecule has 1 rings (SSSR count). The molecule has 1 unspecified atom stereocenters. The number of hydrogen-bond acceptors (Lipinski definition) is 4. The zero-order chi connectivity index (χ0) is 14.8. The van der Waals surface area contributed by atoms with Crippen molar-refractivity contribution >= 4 is 14.1 Å². The highest BCUT2D eigenvalue weighted by atomic mass is 31.2. The van der Waals surface area contributed by atoms with Crippen LogP contribution in [-0.2, 0) is 4.52 Å². The Morgan fingerprint density at radius 3 is 2.60 bits per heavy atom. The molecule has 1 atom stereocenters. The van der Waals surface area contributed by atoms with Crippen molar-refractivity contribution in [2.75, 3.05) is 12.8 Å². The van der Waals surface area contributed by atoms with Crippen LogP contribution < -0.4 is 4.52 Å². The highest BCUT2D eigenvalue weighted by molar-refractivity contribution is 7.47. The highest BCUT2D eigenvalue weighted by Crippen LogP contribution is 2.40. The summed E-state index contributed by atoms with van der Waals surface area (Å²) in [6.07, 6.45) is 5.84. The van der Waals surface area contributed by atoms with E-state index in [0.717, 1.165) is 25.4 Å². The molecule has 0 fully saturated rings. The van der Waals surface area contributed by atoms with E-state index in [1.165, 1.54) is 12.1 Å². The van der Waals surface area contributed by atoms with Crippen molar-refractivity contribution < 1.29 is 14.0 Å². The molecule has 0 aromatic heterocycles. The van der Waals surface area contributed by atoms with Gasteiger partial charge >= 0.3 is 0 Å². The smallest absolute Gasteiger partial charge is 0.269 e. The zero-order valence-electron chi connectivity index (χ0n) is 11.7. The number of allylic oxidation sites excluding steroid dienone is 1. The van der Waals surface area contributed by atoms with Crippen molar-refractivity contribution in [1.29, 1.82) is 0 Å². The first-order valence-corrected chi connectivity index (χ1v) is 7.97. The third-order valence-electron chi connectivity index (χ3n) is 2.53. The van der Waals surface area contributed by atoms with Crippen LogP contribution in [0.4, 0.5) is 5.69 Å². The van der Waals surface area contributed by atoms with Gasteiger partial charge < -0.3 is 9.05 Å². The van der Waals surface area contributed by atoms with Crippen molar-refractivity contribution in [2.45, 2.75) is 26.2 Å². The number of benzene rings is 1. The summed E-state index contributed by atoms with van der Waals surface area (Å²) in [6, 6.07) is 6.09. The first kappa shape index (κ1) is 16.6. The molecular weight excluding hydrogens is 277 g/mol. The van der Waals surface area contributed by atoms with E-state index in [9.17, 15) is 10.1 Å². The van der Waals surface area contributed by atoms with Gasteiger partial charge in [-0.25, -0.2) is 0 Å². The minimum Gasteiger partial charge on any atom is -0.447 e. The Hall–Kier alpha value is -1.45. The number of nitro groups is 1. The second kappa shape index (κ2) is 9.45. The van der Waals surface area contributed by atoms with E-state index in [0.29, 0.717) is 12.4 Å². The van der Waals surface area contributed by atoms with Crippen LogP contribution in [0, 0.1) is 10.1 Å². The molecule has 5 nitrogen and oxygen atoms in total. The predicted octanol–water partition coefficient (Wildman–Crippen LogP) is 4.68. The molecule has 0 aliphatic carbocycles. The Kier molecular flexibility index (Phi) is 7.85. The molecule has 0 saturated heterocycles. The molecule has 0 spiro atoms. The van der Waals surface area contributed by atoms with Crippen molar-refractivity contribution in [2.24, 2.45) is 0 Å². The fourth-order valence-corrected chi connectivity index (χ4v) is 2.96. The van der Waals surface area contributed by atoms with Crippen molar-refractivity contribution in [3.05, 3.63) is 47.0 Å². The lowest BCUT2D eigenvalue weighted by Crippen LogP contribution is -1.98. The number of rotatable bonds is 10. The summed E-state index contributed by atoms with van der Waals surface area (Å²) in [5.41, 5.74) is 0.0593. The van der Waals surface area contributed by atoms with E-state index >= 15 is 0 Å². The van der Waals surface area contributed by atoms with Crippen LogP contribution in [0.1, 0.15) is 26.2 Å². The molecule has 20 heavy (non-hydrogen) atoms. The monoisotopic (exact) mass is 297 g/mol. The molecule has 1 aromatic carbocycles. The van der Waals surface area contributed by atoms with Gasteiger partial charge in [0.1, 0.15) is 5.75 Å². The Morgan fingerprint density at radius 1 is 1.35 bits per heavy atom. The molecule has 0 aliphatic rings. The van der Waals surface area contributed by atoms with Crippen LogP contribution in [0.5, 0.6) is 5.75 Å². The first-order chi connectivity index (χ1) is 9.67. The Balaban J connectivity index is 2.51. The fourth-order valence-electron chi connectivity index (χ4n) is 1.56. The second-order valence-electron chi connectivity index (χ2n) is 4.10. The SMILES string of the molecule is C=CCCCCP(OCC)Oc1ccc([N+](=O)[O-])cc1. The molecule has 0 saturated carbocycles. The van der Waals surface area contributed by atoms with Gasteiger partial charge in [0.15, 0.2) is 0 Å². The lowest BCUT2D eigenvalue weighted by Gasteiger charge is -2.17. The molecule has 0 aliphatic heterocycles. The van der Waals surface area contributed by atoms with Crippen LogP contribution >= 0.6 is 8.38 Å². The maximum Gasteiger partial charge on any atom is 0.269 e. The van der Waals surface area contributed by atoms with E-state index in [4.69, 9.17) is 9.05 Å². The average molecular weight is 297 g/mol. The quantitative estimate of drug-likeness (QED) is 0.207. The van der Waals surface area contributed by atoms with Gasteiger partial charge in [-0.1, -0.05) is 6.08 Å². The van der Waals surface area contributed by atoms with Crippen molar-refractivity contribution in [1.82, 2.24) is 0 Å². The number of nitrogens with zero attached hydrogens (tertiary/aromatic N) is 1. The molecule has 0 N–H and O–H groups in total. The Labute approximate surface area is 120 Å². The van der Waals surface area contributed by atoms with E-state index in [1.54, 1.807) is 12.1 Å². The van der Waals surface area contributed by atoms with E-state index < -0.39 is 13.3 Å². The predicted molar refractivity (Wildman–Crippen MR) is 81.2 cm³/mol. The normalized spacial score (nSPS) is 11.8. The molecule has 110 valence electrons. The summed E-state index contributed by atoms with van der Waals surface area (Å²) < 4.78 is 11.4. The molecule has 0 radical (unpaired) electrons. The Bertz CT molecular complexity index is 422. The number of nitro benzene ring substituents is 1. The third kappa shape index (κ3) is 6.13. The standard InChI is InChI=1S/C14H20NO4P/c1-3-5-6-7-12-20(18-4-2)19-14-10-8-13(9-11-14)15(16)17/h3,8-11H,1,4-7,12H2,2H3. The lowest BCUT2D eigenvalue weighted by atomic mass is 10.2. The third-order valence-corrected chi connectivity index (χ3v) is 4.17. The topological polar surface area (TPSA) is 61.6 Å². The minimum absolute atomic E-state index is 0.0593. The maximum atomic E-state index is 10.6. The van der Waals surface area contributed by atoms with Gasteiger partial charge in [-0.3, -0.25) is 10.1 Å². The van der Waals surface area contributed by atoms with Gasteiger partial charge in [0, 0.05) is 18.3 Å². The Morgan fingerprint density at radius 2 is 2.05 bits per heavy atom.